The minimum Gasteiger partial charge on any atom is -0.451 e. The summed E-state index contributed by atoms with van der Waals surface area (Å²) in [6.45, 7) is 5.92. The number of amides is 2. The van der Waals surface area contributed by atoms with Crippen LogP contribution in [0.1, 0.15) is 24.4 Å². The second-order valence-corrected chi connectivity index (χ2v) is 6.82. The van der Waals surface area contributed by atoms with Gasteiger partial charge in [-0.2, -0.15) is 0 Å². The average Bonchev–Trinajstić information content (AvgIpc) is 3.10. The number of furan rings is 1. The first-order valence-electron chi connectivity index (χ1n) is 8.40. The molecule has 5 nitrogen and oxygen atoms in total. The van der Waals surface area contributed by atoms with Crippen LogP contribution < -0.4 is 0 Å². The fourth-order valence-corrected chi connectivity index (χ4v) is 3.14. The molecule has 25 heavy (non-hydrogen) atoms. The Balaban J connectivity index is 1.67. The van der Waals surface area contributed by atoms with Crippen molar-refractivity contribution in [3.63, 3.8) is 0 Å². The molecule has 2 heterocycles. The van der Waals surface area contributed by atoms with Gasteiger partial charge < -0.3 is 14.2 Å². The average molecular weight is 361 g/mol. The van der Waals surface area contributed by atoms with Crippen LogP contribution in [-0.4, -0.2) is 47.8 Å². The van der Waals surface area contributed by atoms with Gasteiger partial charge in [-0.25, -0.2) is 0 Å². The van der Waals surface area contributed by atoms with Crippen molar-refractivity contribution in [2.45, 2.75) is 13.8 Å². The zero-order chi connectivity index (χ0) is 18.0. The van der Waals surface area contributed by atoms with E-state index in [2.05, 4.69) is 0 Å². The Bertz CT molecular complexity index is 776. The van der Waals surface area contributed by atoms with Crippen molar-refractivity contribution < 1.29 is 14.0 Å². The standard InChI is InChI=1S/C19H21ClN2O3/c1-13(2)18(23)21-9-11-22(12-10-21)19(24)17-8-7-16(25-17)14-5-3-4-6-15(14)20/h3-8,13H,9-12H2,1-2H3. The highest BCUT2D eigenvalue weighted by Crippen LogP contribution is 2.29. The highest BCUT2D eigenvalue weighted by molar-refractivity contribution is 6.33. The van der Waals surface area contributed by atoms with Crippen molar-refractivity contribution in [2.75, 3.05) is 26.2 Å². The molecule has 1 aromatic carbocycles. The van der Waals surface area contributed by atoms with Gasteiger partial charge in [0.2, 0.25) is 5.91 Å². The summed E-state index contributed by atoms with van der Waals surface area (Å²) in [5.74, 6) is 0.813. The zero-order valence-corrected chi connectivity index (χ0v) is 15.1. The van der Waals surface area contributed by atoms with E-state index in [4.69, 9.17) is 16.0 Å². The lowest BCUT2D eigenvalue weighted by Gasteiger charge is -2.35. The second kappa shape index (κ2) is 7.31. The molecule has 3 rings (SSSR count). The minimum absolute atomic E-state index is 0.0227. The second-order valence-electron chi connectivity index (χ2n) is 6.42. The maximum Gasteiger partial charge on any atom is 0.289 e. The smallest absolute Gasteiger partial charge is 0.289 e. The monoisotopic (exact) mass is 360 g/mol. The topological polar surface area (TPSA) is 53.8 Å². The number of rotatable bonds is 3. The zero-order valence-electron chi connectivity index (χ0n) is 14.4. The van der Waals surface area contributed by atoms with Crippen molar-refractivity contribution in [1.82, 2.24) is 9.80 Å². The van der Waals surface area contributed by atoms with Gasteiger partial charge in [0.25, 0.3) is 5.91 Å². The van der Waals surface area contributed by atoms with Crippen LogP contribution in [0.2, 0.25) is 5.02 Å². The molecule has 0 atom stereocenters. The number of halogens is 1. The molecule has 0 aliphatic carbocycles. The van der Waals surface area contributed by atoms with Crippen molar-refractivity contribution in [2.24, 2.45) is 5.92 Å². The molecule has 132 valence electrons. The van der Waals surface area contributed by atoms with Crippen LogP contribution in [0.4, 0.5) is 0 Å². The lowest BCUT2D eigenvalue weighted by atomic mass is 10.1. The van der Waals surface area contributed by atoms with Crippen LogP contribution in [0.3, 0.4) is 0 Å². The highest BCUT2D eigenvalue weighted by Gasteiger charge is 2.27. The number of nitrogens with zero attached hydrogens (tertiary/aromatic N) is 2. The Morgan fingerprint density at radius 3 is 2.28 bits per heavy atom. The van der Waals surface area contributed by atoms with Crippen LogP contribution in [0.5, 0.6) is 0 Å². The summed E-state index contributed by atoms with van der Waals surface area (Å²) < 4.78 is 5.72. The Labute approximate surface area is 152 Å². The Hall–Kier alpha value is -2.27. The Morgan fingerprint density at radius 1 is 1.00 bits per heavy atom. The van der Waals surface area contributed by atoms with Gasteiger partial charge in [0.05, 0.1) is 5.02 Å². The molecule has 1 saturated heterocycles. The largest absolute Gasteiger partial charge is 0.451 e. The van der Waals surface area contributed by atoms with Gasteiger partial charge in [0, 0.05) is 37.7 Å². The molecule has 2 amide bonds. The molecule has 0 spiro atoms. The molecule has 6 heteroatoms. The number of carbonyl (C=O) groups excluding carboxylic acids is 2. The summed E-state index contributed by atoms with van der Waals surface area (Å²) in [7, 11) is 0. The third kappa shape index (κ3) is 3.71. The normalized spacial score (nSPS) is 14.9. The molecule has 0 saturated carbocycles. The molecular weight excluding hydrogens is 340 g/mol. The third-order valence-corrected chi connectivity index (χ3v) is 4.66. The molecule has 1 aromatic heterocycles. The van der Waals surface area contributed by atoms with E-state index in [9.17, 15) is 9.59 Å². The van der Waals surface area contributed by atoms with Crippen LogP contribution in [0, 0.1) is 5.92 Å². The molecule has 1 fully saturated rings. The lowest BCUT2D eigenvalue weighted by molar-refractivity contribution is -0.135. The Morgan fingerprint density at radius 2 is 1.64 bits per heavy atom. The van der Waals surface area contributed by atoms with Crippen LogP contribution in [-0.2, 0) is 4.79 Å². The number of hydrogen-bond acceptors (Lipinski definition) is 3. The fourth-order valence-electron chi connectivity index (χ4n) is 2.91. The van der Waals surface area contributed by atoms with Crippen molar-refractivity contribution in [3.8, 4) is 11.3 Å². The van der Waals surface area contributed by atoms with Gasteiger partial charge in [-0.05, 0) is 24.3 Å². The van der Waals surface area contributed by atoms with E-state index in [1.54, 1.807) is 23.1 Å². The van der Waals surface area contributed by atoms with E-state index in [1.165, 1.54) is 0 Å². The first-order chi connectivity index (χ1) is 12.0. The van der Waals surface area contributed by atoms with Crippen LogP contribution in [0.15, 0.2) is 40.8 Å². The van der Waals surface area contributed by atoms with Crippen molar-refractivity contribution >= 4 is 23.4 Å². The summed E-state index contributed by atoms with van der Waals surface area (Å²) in [6, 6.07) is 10.8. The number of carbonyl (C=O) groups is 2. The minimum atomic E-state index is -0.157. The predicted molar refractivity (Wildman–Crippen MR) is 96.5 cm³/mol. The van der Waals surface area contributed by atoms with E-state index in [1.807, 2.05) is 36.9 Å². The molecule has 0 bridgehead atoms. The van der Waals surface area contributed by atoms with Gasteiger partial charge in [-0.1, -0.05) is 37.6 Å². The maximum absolute atomic E-state index is 12.6. The van der Waals surface area contributed by atoms with Crippen LogP contribution >= 0.6 is 11.6 Å². The lowest BCUT2D eigenvalue weighted by Crippen LogP contribution is -2.51. The maximum atomic E-state index is 12.6. The SMILES string of the molecule is CC(C)C(=O)N1CCN(C(=O)c2ccc(-c3ccccc3Cl)o2)CC1. The number of hydrogen-bond donors (Lipinski definition) is 0. The van der Waals surface area contributed by atoms with E-state index in [0.29, 0.717) is 42.7 Å². The summed E-state index contributed by atoms with van der Waals surface area (Å²) in [5, 5.41) is 0.580. The number of benzene rings is 1. The molecule has 0 unspecified atom stereocenters. The highest BCUT2D eigenvalue weighted by atomic mass is 35.5. The van der Waals surface area contributed by atoms with Gasteiger partial charge >= 0.3 is 0 Å². The quantitative estimate of drug-likeness (QED) is 0.841. The van der Waals surface area contributed by atoms with Crippen LogP contribution in [0.25, 0.3) is 11.3 Å². The summed E-state index contributed by atoms with van der Waals surface area (Å²) >= 11 is 6.17. The van der Waals surface area contributed by atoms with E-state index in [0.717, 1.165) is 5.56 Å². The van der Waals surface area contributed by atoms with Gasteiger partial charge in [-0.15, -0.1) is 0 Å². The summed E-state index contributed by atoms with van der Waals surface area (Å²) in [6.07, 6.45) is 0. The molecule has 0 radical (unpaired) electrons. The predicted octanol–water partition coefficient (Wildman–Crippen LogP) is 3.54. The first-order valence-corrected chi connectivity index (χ1v) is 8.78. The van der Waals surface area contributed by atoms with Crippen molar-refractivity contribution in [1.29, 1.82) is 0 Å². The van der Waals surface area contributed by atoms with Crippen molar-refractivity contribution in [3.05, 3.63) is 47.2 Å². The van der Waals surface area contributed by atoms with E-state index in [-0.39, 0.29) is 17.7 Å². The number of piperazine rings is 1. The molecular formula is C19H21ClN2O3. The molecule has 0 N–H and O–H groups in total. The molecule has 2 aromatic rings. The van der Waals surface area contributed by atoms with E-state index >= 15 is 0 Å². The van der Waals surface area contributed by atoms with Gasteiger partial charge in [0.15, 0.2) is 5.76 Å². The van der Waals surface area contributed by atoms with Gasteiger partial charge in [0.1, 0.15) is 5.76 Å². The van der Waals surface area contributed by atoms with Gasteiger partial charge in [-0.3, -0.25) is 9.59 Å². The summed E-state index contributed by atoms with van der Waals surface area (Å²) in [4.78, 5) is 28.2. The molecule has 1 aliphatic rings. The Kier molecular flexibility index (Phi) is 5.13. The van der Waals surface area contributed by atoms with E-state index < -0.39 is 0 Å². The summed E-state index contributed by atoms with van der Waals surface area (Å²) in [5.41, 5.74) is 0.760. The molecule has 1 aliphatic heterocycles. The fraction of sp³-hybridized carbons (Fsp3) is 0.368. The first kappa shape index (κ1) is 17.5. The third-order valence-electron chi connectivity index (χ3n) is 4.33.